The molecule has 0 bridgehead atoms. The van der Waals surface area contributed by atoms with Gasteiger partial charge in [-0.1, -0.05) is 32.9 Å². The van der Waals surface area contributed by atoms with Crippen molar-refractivity contribution in [3.8, 4) is 0 Å². The van der Waals surface area contributed by atoms with E-state index in [1.807, 2.05) is 18.2 Å². The molecule has 5 heteroatoms. The number of hydrogen-bond acceptors (Lipinski definition) is 3. The van der Waals surface area contributed by atoms with Crippen LogP contribution in [0.25, 0.3) is 0 Å². The monoisotopic (exact) mass is 301 g/mol. The Hall–Kier alpha value is -2.56. The summed E-state index contributed by atoms with van der Waals surface area (Å²) in [7, 11) is 0. The summed E-state index contributed by atoms with van der Waals surface area (Å²) in [6, 6.07) is 8.80. The number of aryl methyl sites for hydroxylation is 1. The lowest BCUT2D eigenvalue weighted by molar-refractivity contribution is 0.0694. The lowest BCUT2D eigenvalue weighted by atomic mass is 10.0. The van der Waals surface area contributed by atoms with Gasteiger partial charge < -0.3 is 14.8 Å². The standard InChI is InChI=1S/C17H19NO4/c1-4-14-13(17(20)21)9-15(22-14)16(19)18-12-7-5-6-11(8-12)10(2)3/h5-10H,4H2,1-3H3,(H,18,19)(H,20,21). The van der Waals surface area contributed by atoms with E-state index in [4.69, 9.17) is 9.52 Å². The SMILES string of the molecule is CCc1oc(C(=O)Nc2cccc(C(C)C)c2)cc1C(=O)O. The predicted molar refractivity (Wildman–Crippen MR) is 83.5 cm³/mol. The van der Waals surface area contributed by atoms with Crippen molar-refractivity contribution >= 4 is 17.6 Å². The van der Waals surface area contributed by atoms with E-state index in [0.717, 1.165) is 5.56 Å². The van der Waals surface area contributed by atoms with Gasteiger partial charge in [-0.15, -0.1) is 0 Å². The Kier molecular flexibility index (Phi) is 4.65. The number of carbonyl (C=O) groups is 2. The highest BCUT2D eigenvalue weighted by atomic mass is 16.4. The zero-order chi connectivity index (χ0) is 16.3. The first-order valence-corrected chi connectivity index (χ1v) is 7.19. The highest BCUT2D eigenvalue weighted by molar-refractivity contribution is 6.04. The van der Waals surface area contributed by atoms with Gasteiger partial charge in [0, 0.05) is 18.2 Å². The van der Waals surface area contributed by atoms with E-state index in [0.29, 0.717) is 23.8 Å². The maximum atomic E-state index is 12.2. The molecule has 2 aromatic rings. The number of rotatable bonds is 5. The first-order valence-electron chi connectivity index (χ1n) is 7.19. The van der Waals surface area contributed by atoms with Crippen molar-refractivity contribution in [1.29, 1.82) is 0 Å². The molecule has 1 aromatic carbocycles. The molecule has 0 atom stereocenters. The van der Waals surface area contributed by atoms with Crippen LogP contribution in [0, 0.1) is 0 Å². The minimum Gasteiger partial charge on any atom is -0.478 e. The van der Waals surface area contributed by atoms with E-state index in [9.17, 15) is 9.59 Å². The number of hydrogen-bond donors (Lipinski definition) is 2. The molecule has 0 aliphatic heterocycles. The molecule has 5 nitrogen and oxygen atoms in total. The molecule has 1 aromatic heterocycles. The maximum absolute atomic E-state index is 12.2. The van der Waals surface area contributed by atoms with Crippen LogP contribution >= 0.6 is 0 Å². The van der Waals surface area contributed by atoms with Crippen LogP contribution in [-0.4, -0.2) is 17.0 Å². The number of anilines is 1. The third-order valence-corrected chi connectivity index (χ3v) is 3.40. The molecule has 0 radical (unpaired) electrons. The fraction of sp³-hybridized carbons (Fsp3) is 0.294. The first-order chi connectivity index (χ1) is 10.4. The predicted octanol–water partition coefficient (Wildman–Crippen LogP) is 3.92. The summed E-state index contributed by atoms with van der Waals surface area (Å²) in [5.74, 6) is -0.895. The largest absolute Gasteiger partial charge is 0.478 e. The van der Waals surface area contributed by atoms with Gasteiger partial charge >= 0.3 is 5.97 Å². The molecule has 0 spiro atoms. The topological polar surface area (TPSA) is 79.5 Å². The Morgan fingerprint density at radius 1 is 1.27 bits per heavy atom. The van der Waals surface area contributed by atoms with Crippen molar-refractivity contribution in [1.82, 2.24) is 0 Å². The molecule has 1 heterocycles. The molecule has 2 rings (SSSR count). The van der Waals surface area contributed by atoms with Gasteiger partial charge in [-0.05, 0) is 23.6 Å². The highest BCUT2D eigenvalue weighted by Gasteiger charge is 2.20. The average Bonchev–Trinajstić information content (AvgIpc) is 2.92. The molecule has 2 N–H and O–H groups in total. The molecule has 22 heavy (non-hydrogen) atoms. The minimum absolute atomic E-state index is 0.00389. The zero-order valence-corrected chi connectivity index (χ0v) is 12.8. The Labute approximate surface area is 129 Å². The number of amides is 1. The maximum Gasteiger partial charge on any atom is 0.339 e. The number of carbonyl (C=O) groups excluding carboxylic acids is 1. The second-order valence-corrected chi connectivity index (χ2v) is 5.34. The number of nitrogens with one attached hydrogen (secondary N) is 1. The van der Waals surface area contributed by atoms with Crippen LogP contribution in [0.15, 0.2) is 34.7 Å². The van der Waals surface area contributed by atoms with Crippen LogP contribution in [0.3, 0.4) is 0 Å². The summed E-state index contributed by atoms with van der Waals surface area (Å²) < 4.78 is 5.34. The van der Waals surface area contributed by atoms with E-state index in [2.05, 4.69) is 19.2 Å². The van der Waals surface area contributed by atoms with E-state index in [1.165, 1.54) is 6.07 Å². The molecule has 0 unspecified atom stereocenters. The van der Waals surface area contributed by atoms with Crippen LogP contribution in [0.1, 0.15) is 58.9 Å². The first kappa shape index (κ1) is 15.8. The molecule has 0 saturated carbocycles. The molecule has 116 valence electrons. The lowest BCUT2D eigenvalue weighted by Gasteiger charge is -2.08. The van der Waals surface area contributed by atoms with Crippen LogP contribution in [0.2, 0.25) is 0 Å². The summed E-state index contributed by atoms with van der Waals surface area (Å²) in [5, 5.41) is 11.8. The molecular weight excluding hydrogens is 282 g/mol. The molecule has 0 fully saturated rings. The van der Waals surface area contributed by atoms with E-state index < -0.39 is 11.9 Å². The van der Waals surface area contributed by atoms with E-state index in [1.54, 1.807) is 13.0 Å². The molecule has 0 aliphatic carbocycles. The second-order valence-electron chi connectivity index (χ2n) is 5.34. The fourth-order valence-electron chi connectivity index (χ4n) is 2.15. The lowest BCUT2D eigenvalue weighted by Crippen LogP contribution is -2.11. The number of carboxylic acids is 1. The summed E-state index contributed by atoms with van der Waals surface area (Å²) in [4.78, 5) is 23.3. The van der Waals surface area contributed by atoms with Gasteiger partial charge in [-0.2, -0.15) is 0 Å². The van der Waals surface area contributed by atoms with E-state index in [-0.39, 0.29) is 11.3 Å². The summed E-state index contributed by atoms with van der Waals surface area (Å²) in [5.41, 5.74) is 1.80. The van der Waals surface area contributed by atoms with Crippen LogP contribution in [-0.2, 0) is 6.42 Å². The molecule has 1 amide bonds. The zero-order valence-electron chi connectivity index (χ0n) is 12.8. The van der Waals surface area contributed by atoms with Gasteiger partial charge in [0.15, 0.2) is 5.76 Å². The highest BCUT2D eigenvalue weighted by Crippen LogP contribution is 2.21. The van der Waals surface area contributed by atoms with Crippen molar-refractivity contribution in [2.45, 2.75) is 33.1 Å². The van der Waals surface area contributed by atoms with Crippen LogP contribution in [0.5, 0.6) is 0 Å². The van der Waals surface area contributed by atoms with Crippen molar-refractivity contribution in [2.24, 2.45) is 0 Å². The van der Waals surface area contributed by atoms with Crippen molar-refractivity contribution in [3.63, 3.8) is 0 Å². The van der Waals surface area contributed by atoms with Crippen LogP contribution in [0.4, 0.5) is 5.69 Å². The number of benzene rings is 1. The third-order valence-electron chi connectivity index (χ3n) is 3.40. The van der Waals surface area contributed by atoms with Crippen molar-refractivity contribution in [3.05, 3.63) is 53.0 Å². The van der Waals surface area contributed by atoms with E-state index >= 15 is 0 Å². The number of furan rings is 1. The Bertz CT molecular complexity index is 700. The van der Waals surface area contributed by atoms with Gasteiger partial charge in [0.2, 0.25) is 0 Å². The third kappa shape index (κ3) is 3.36. The summed E-state index contributed by atoms with van der Waals surface area (Å²) >= 11 is 0. The van der Waals surface area contributed by atoms with Gasteiger partial charge in [0.25, 0.3) is 5.91 Å². The average molecular weight is 301 g/mol. The molecule has 0 saturated heterocycles. The smallest absolute Gasteiger partial charge is 0.339 e. The molecule has 0 aliphatic rings. The molecular formula is C17H19NO4. The fourth-order valence-corrected chi connectivity index (χ4v) is 2.15. The Morgan fingerprint density at radius 2 is 2.00 bits per heavy atom. The van der Waals surface area contributed by atoms with Gasteiger partial charge in [-0.3, -0.25) is 4.79 Å². The van der Waals surface area contributed by atoms with Crippen LogP contribution < -0.4 is 5.32 Å². The summed E-state index contributed by atoms with van der Waals surface area (Å²) in [6.45, 7) is 5.92. The Balaban J connectivity index is 2.22. The summed E-state index contributed by atoms with van der Waals surface area (Å²) in [6.07, 6.45) is 0.414. The Morgan fingerprint density at radius 3 is 2.55 bits per heavy atom. The van der Waals surface area contributed by atoms with Crippen molar-refractivity contribution in [2.75, 3.05) is 5.32 Å². The van der Waals surface area contributed by atoms with Gasteiger partial charge in [-0.25, -0.2) is 4.79 Å². The van der Waals surface area contributed by atoms with Gasteiger partial charge in [0.05, 0.1) is 0 Å². The number of aromatic carboxylic acids is 1. The second kappa shape index (κ2) is 6.47. The quantitative estimate of drug-likeness (QED) is 0.877. The minimum atomic E-state index is -1.10. The number of carboxylic acid groups (broad SMARTS) is 1. The van der Waals surface area contributed by atoms with Gasteiger partial charge in [0.1, 0.15) is 11.3 Å². The van der Waals surface area contributed by atoms with Crippen molar-refractivity contribution < 1.29 is 19.1 Å². The normalized spacial score (nSPS) is 10.7.